The summed E-state index contributed by atoms with van der Waals surface area (Å²) in [6.45, 7) is 1.88. The van der Waals surface area contributed by atoms with E-state index in [-0.39, 0.29) is 50.0 Å². The fourth-order valence-corrected chi connectivity index (χ4v) is 8.03. The third-order valence-electron chi connectivity index (χ3n) is 12.0. The van der Waals surface area contributed by atoms with E-state index in [2.05, 4.69) is 31.6 Å². The second-order valence-corrected chi connectivity index (χ2v) is 17.2. The maximum atomic E-state index is 14.7. The normalized spacial score (nSPS) is 12.5. The number of anilines is 1. The molecule has 374 valence electrons. The highest BCUT2D eigenvalue weighted by atomic mass is 16.5. The number of rotatable bonds is 24. The van der Waals surface area contributed by atoms with Crippen molar-refractivity contribution >= 4 is 64.1 Å². The van der Waals surface area contributed by atoms with Gasteiger partial charge < -0.3 is 52.0 Å². The van der Waals surface area contributed by atoms with Crippen molar-refractivity contribution in [2.45, 2.75) is 76.2 Å². The number of amides is 7. The zero-order valence-corrected chi connectivity index (χ0v) is 39.9. The lowest BCUT2D eigenvalue weighted by atomic mass is 10.0. The molecule has 4 atom stereocenters. The van der Waals surface area contributed by atoms with Crippen molar-refractivity contribution < 1.29 is 48.2 Å². The summed E-state index contributed by atoms with van der Waals surface area (Å²) in [5.41, 5.74) is 9.53. The number of carboxylic acid groups (broad SMARTS) is 1. The van der Waals surface area contributed by atoms with Crippen LogP contribution < -0.4 is 32.3 Å². The van der Waals surface area contributed by atoms with E-state index in [0.717, 1.165) is 21.4 Å². The second-order valence-electron chi connectivity index (χ2n) is 17.2. The molecule has 0 bridgehead atoms. The van der Waals surface area contributed by atoms with Gasteiger partial charge in [0.15, 0.2) is 0 Å². The molecule has 5 aromatic carbocycles. The van der Waals surface area contributed by atoms with Gasteiger partial charge in [-0.15, -0.1) is 0 Å². The number of aromatic carboxylic acids is 1. The fourth-order valence-electron chi connectivity index (χ4n) is 8.03. The molecule has 0 radical (unpaired) electrons. The number of carbonyl (C=O) groups is 8. The highest BCUT2D eigenvalue weighted by Crippen LogP contribution is 2.21. The molecule has 18 nitrogen and oxygen atoms in total. The number of primary amides is 1. The van der Waals surface area contributed by atoms with Gasteiger partial charge in [0.1, 0.15) is 30.8 Å². The Morgan fingerprint density at radius 1 is 0.681 bits per heavy atom. The monoisotopic (exact) mass is 978 g/mol. The topological polar surface area (TPSA) is 271 Å². The number of carbonyl (C=O) groups excluding carboxylic acids is 7. The minimum absolute atomic E-state index is 0.0215. The van der Waals surface area contributed by atoms with Crippen LogP contribution in [0.2, 0.25) is 0 Å². The standard InChI is InChI=1S/C54H58N8O10/c1-34-17-9-13-25-41(34)61-54(71)56-28-16-15-27-43(58-51(67)44(30-37-32-57-42-26-14-12-22-38(37)42)59-49(65)39-23-10-11-24-40(39)53(69)70)50(66)60-45(31-47(63)72-33-36-20-7-4-8-21-36)52(68)62(2)46(48(55)64)29-35-18-5-3-6-19-35/h3-14,17-26,32,43-46,57H,15-16,27-31,33H2,1-2H3,(H2,55,64)(H,58,67)(H,59,65)(H,60,66)(H,69,70)(H2,56,61,71)/t43-,44-,45-,46-/m0/s1. The molecule has 1 aromatic heterocycles. The number of hydrogen-bond acceptors (Lipinski definition) is 9. The number of likely N-dealkylation sites (N-methyl/N-ethyl adjacent to an activating group) is 1. The SMILES string of the molecule is Cc1ccccc1NC(=O)NCCCC[C@H](NC(=O)[C@H](Cc1c[nH]c2ccccc12)NC(=O)c1ccccc1C(=O)O)C(=O)N[C@@H](CC(=O)OCc1ccccc1)C(=O)N(C)[C@@H](Cc1ccccc1)C(N)=O. The maximum absolute atomic E-state index is 14.7. The van der Waals surface area contributed by atoms with Gasteiger partial charge in [0.05, 0.1) is 17.5 Å². The number of esters is 1. The number of unbranched alkanes of at least 4 members (excludes halogenated alkanes) is 1. The summed E-state index contributed by atoms with van der Waals surface area (Å²) in [4.78, 5) is 113. The predicted molar refractivity (Wildman–Crippen MR) is 269 cm³/mol. The quantitative estimate of drug-likeness (QED) is 0.0291. The molecule has 0 aliphatic carbocycles. The number of H-pyrrole nitrogens is 1. The van der Waals surface area contributed by atoms with Gasteiger partial charge in [-0.25, -0.2) is 9.59 Å². The van der Waals surface area contributed by atoms with Crippen LogP contribution in [0.25, 0.3) is 10.9 Å². The molecule has 0 saturated carbocycles. The first kappa shape index (κ1) is 52.6. The van der Waals surface area contributed by atoms with E-state index in [4.69, 9.17) is 10.5 Å². The Hall–Kier alpha value is -8.80. The summed E-state index contributed by atoms with van der Waals surface area (Å²) in [5, 5.41) is 24.3. The summed E-state index contributed by atoms with van der Waals surface area (Å²) in [6.07, 6.45) is 1.39. The molecular weight excluding hydrogens is 921 g/mol. The number of nitrogens with zero attached hydrogens (tertiary/aromatic N) is 1. The number of nitrogens with two attached hydrogens (primary N) is 1. The highest BCUT2D eigenvalue weighted by Gasteiger charge is 2.36. The van der Waals surface area contributed by atoms with Gasteiger partial charge in [-0.2, -0.15) is 0 Å². The van der Waals surface area contributed by atoms with Crippen molar-refractivity contribution in [3.05, 3.63) is 173 Å². The molecule has 0 aliphatic rings. The van der Waals surface area contributed by atoms with Gasteiger partial charge in [-0.3, -0.25) is 28.8 Å². The summed E-state index contributed by atoms with van der Waals surface area (Å²) in [6, 6.07) is 31.5. The Morgan fingerprint density at radius 2 is 1.29 bits per heavy atom. The molecule has 0 saturated heterocycles. The largest absolute Gasteiger partial charge is 0.478 e. The van der Waals surface area contributed by atoms with E-state index >= 15 is 0 Å². The first-order valence-electron chi connectivity index (χ1n) is 23.4. The second kappa shape index (κ2) is 25.7. The number of aromatic amines is 1. The van der Waals surface area contributed by atoms with Gasteiger partial charge in [0.2, 0.25) is 23.6 Å². The molecule has 9 N–H and O–H groups in total. The summed E-state index contributed by atoms with van der Waals surface area (Å²) < 4.78 is 5.52. The first-order valence-corrected chi connectivity index (χ1v) is 23.4. The van der Waals surface area contributed by atoms with E-state index in [0.29, 0.717) is 28.8 Å². The van der Waals surface area contributed by atoms with E-state index < -0.39 is 78.1 Å². The van der Waals surface area contributed by atoms with E-state index in [1.165, 1.54) is 31.3 Å². The van der Waals surface area contributed by atoms with Gasteiger partial charge >= 0.3 is 18.0 Å². The summed E-state index contributed by atoms with van der Waals surface area (Å²) >= 11 is 0. The third-order valence-corrected chi connectivity index (χ3v) is 12.0. The molecule has 6 aromatic rings. The molecule has 6 rings (SSSR count). The number of carboxylic acids is 1. The molecular formula is C54H58N8O10. The number of ether oxygens (including phenoxy) is 1. The molecule has 1 heterocycles. The fraction of sp³-hybridized carbons (Fsp3) is 0.259. The Kier molecular flexibility index (Phi) is 18.8. The molecule has 0 unspecified atom stereocenters. The van der Waals surface area contributed by atoms with Gasteiger partial charge in [0.25, 0.3) is 5.91 Å². The molecule has 0 spiro atoms. The van der Waals surface area contributed by atoms with Gasteiger partial charge in [-0.05, 0) is 72.7 Å². The number of nitrogens with one attached hydrogen (secondary N) is 6. The van der Waals surface area contributed by atoms with Crippen molar-refractivity contribution in [3.63, 3.8) is 0 Å². The lowest BCUT2D eigenvalue weighted by molar-refractivity contribution is -0.150. The van der Waals surface area contributed by atoms with Crippen molar-refractivity contribution in [2.75, 3.05) is 18.9 Å². The average Bonchev–Trinajstić information content (AvgIpc) is 3.79. The van der Waals surface area contributed by atoms with Crippen molar-refractivity contribution in [1.29, 1.82) is 0 Å². The van der Waals surface area contributed by atoms with Crippen LogP contribution >= 0.6 is 0 Å². The lowest BCUT2D eigenvalue weighted by Crippen LogP contribution is -2.59. The van der Waals surface area contributed by atoms with Crippen LogP contribution in [0, 0.1) is 6.92 Å². The Morgan fingerprint density at radius 3 is 1.99 bits per heavy atom. The number of fused-ring (bicyclic) bond motifs is 1. The van der Waals surface area contributed by atoms with Gasteiger partial charge in [-0.1, -0.05) is 109 Å². The zero-order chi connectivity index (χ0) is 51.6. The lowest BCUT2D eigenvalue weighted by Gasteiger charge is -2.31. The minimum Gasteiger partial charge on any atom is -0.478 e. The van der Waals surface area contributed by atoms with E-state index in [1.54, 1.807) is 85.1 Å². The smallest absolute Gasteiger partial charge is 0.336 e. The predicted octanol–water partition coefficient (Wildman–Crippen LogP) is 5.17. The number of hydrogen-bond donors (Lipinski definition) is 8. The minimum atomic E-state index is -1.64. The summed E-state index contributed by atoms with van der Waals surface area (Å²) in [7, 11) is 1.33. The van der Waals surface area contributed by atoms with Crippen molar-refractivity contribution in [3.8, 4) is 0 Å². The third kappa shape index (κ3) is 14.9. The maximum Gasteiger partial charge on any atom is 0.336 e. The Bertz CT molecular complexity index is 2870. The molecule has 0 fully saturated rings. The number of aryl methyl sites for hydroxylation is 1. The van der Waals surface area contributed by atoms with Crippen molar-refractivity contribution in [2.24, 2.45) is 5.73 Å². The van der Waals surface area contributed by atoms with Crippen LogP contribution in [-0.4, -0.2) is 100 Å². The van der Waals surface area contributed by atoms with Crippen LogP contribution in [0.5, 0.6) is 0 Å². The Labute approximate surface area is 416 Å². The van der Waals surface area contributed by atoms with Gasteiger partial charge in [0, 0.05) is 49.2 Å². The van der Waals surface area contributed by atoms with Crippen LogP contribution in [0.15, 0.2) is 140 Å². The van der Waals surface area contributed by atoms with Crippen LogP contribution in [-0.2, 0) is 48.2 Å². The van der Waals surface area contributed by atoms with Crippen molar-refractivity contribution in [1.82, 2.24) is 31.2 Å². The molecule has 72 heavy (non-hydrogen) atoms. The number of para-hydroxylation sites is 2. The molecule has 7 amide bonds. The van der Waals surface area contributed by atoms with Crippen LogP contribution in [0.3, 0.4) is 0 Å². The van der Waals surface area contributed by atoms with Crippen LogP contribution in [0.4, 0.5) is 10.5 Å². The zero-order valence-electron chi connectivity index (χ0n) is 39.9. The molecule has 18 heteroatoms. The summed E-state index contributed by atoms with van der Waals surface area (Å²) in [5.74, 6) is -6.52. The van der Waals surface area contributed by atoms with E-state index in [9.17, 15) is 43.5 Å². The Balaban J connectivity index is 1.28. The first-order chi connectivity index (χ1) is 34.7. The number of benzene rings is 5. The molecule has 0 aliphatic heterocycles. The number of aromatic nitrogens is 1. The number of urea groups is 1. The average molecular weight is 979 g/mol. The van der Waals surface area contributed by atoms with Crippen LogP contribution in [0.1, 0.15) is 68.7 Å². The highest BCUT2D eigenvalue weighted by molar-refractivity contribution is 6.06. The van der Waals surface area contributed by atoms with E-state index in [1.807, 2.05) is 37.3 Å².